The fourth-order valence-corrected chi connectivity index (χ4v) is 7.75. The van der Waals surface area contributed by atoms with Crippen molar-refractivity contribution in [3.8, 4) is 45.3 Å². The normalized spacial score (nSPS) is 11.4. The highest BCUT2D eigenvalue weighted by molar-refractivity contribution is 6.27. The molecule has 7 aromatic carbocycles. The summed E-state index contributed by atoms with van der Waals surface area (Å²) in [6, 6.07) is 60.6. The number of rotatable bonds is 5. The summed E-state index contributed by atoms with van der Waals surface area (Å²) in [5.74, 6) is 0.577. The first-order valence-electron chi connectivity index (χ1n) is 17.3. The number of para-hydroxylation sites is 4. The second kappa shape index (κ2) is 11.9. The second-order valence-corrected chi connectivity index (χ2v) is 12.9. The van der Waals surface area contributed by atoms with Crippen LogP contribution in [0.4, 0.5) is 5.69 Å². The summed E-state index contributed by atoms with van der Waals surface area (Å²) >= 11 is 0. The molecule has 0 unspecified atom stereocenters. The quantitative estimate of drug-likeness (QED) is 0.172. The zero-order chi connectivity index (χ0) is 34.6. The van der Waals surface area contributed by atoms with E-state index >= 15 is 0 Å². The first kappa shape index (κ1) is 29.6. The van der Waals surface area contributed by atoms with E-state index in [2.05, 4.69) is 123 Å². The molecule has 3 heterocycles. The number of nitrogens with zero attached hydrogens (tertiary/aromatic N) is 5. The molecule has 0 N–H and O–H groups in total. The van der Waals surface area contributed by atoms with E-state index in [4.69, 9.17) is 16.5 Å². The Hall–Kier alpha value is -7.29. The standard InChI is InChI=1S/C47H29N5/c1-48-44-42(31-17-6-2-7-18-31)49-47(32-19-8-3-9-20-32)50-43(44)38-27-16-26-37-41-40(52(45(37)38)34-23-12-5-13-24-34)30-29-36-35-25-14-15-28-39(35)51(46(36)41)33-21-10-4-11-22-33/h2-30H. The summed E-state index contributed by atoms with van der Waals surface area (Å²) in [4.78, 5) is 14.5. The molecular formula is C47H29N5. The van der Waals surface area contributed by atoms with Crippen LogP contribution >= 0.6 is 0 Å². The molecule has 0 atom stereocenters. The molecule has 52 heavy (non-hydrogen) atoms. The smallest absolute Gasteiger partial charge is 0.238 e. The van der Waals surface area contributed by atoms with E-state index in [0.29, 0.717) is 22.9 Å². The van der Waals surface area contributed by atoms with Crippen molar-refractivity contribution in [2.75, 3.05) is 0 Å². The maximum Gasteiger partial charge on any atom is 0.238 e. The minimum atomic E-state index is 0.423. The van der Waals surface area contributed by atoms with E-state index in [1.54, 1.807) is 0 Å². The van der Waals surface area contributed by atoms with Crippen LogP contribution in [0.1, 0.15) is 0 Å². The minimum absolute atomic E-state index is 0.423. The molecule has 10 rings (SSSR count). The van der Waals surface area contributed by atoms with Crippen LogP contribution in [0.3, 0.4) is 0 Å². The summed E-state index contributed by atoms with van der Waals surface area (Å²) in [6.45, 7) is 8.56. The van der Waals surface area contributed by atoms with Crippen molar-refractivity contribution in [3.63, 3.8) is 0 Å². The third kappa shape index (κ3) is 4.49. The van der Waals surface area contributed by atoms with E-state index in [0.717, 1.165) is 60.9 Å². The van der Waals surface area contributed by atoms with Gasteiger partial charge in [0.15, 0.2) is 5.82 Å². The highest BCUT2D eigenvalue weighted by Gasteiger charge is 2.26. The highest BCUT2D eigenvalue weighted by atomic mass is 15.0. The van der Waals surface area contributed by atoms with Crippen LogP contribution in [-0.2, 0) is 0 Å². The fourth-order valence-electron chi connectivity index (χ4n) is 7.75. The lowest BCUT2D eigenvalue weighted by Crippen LogP contribution is -1.99. The van der Waals surface area contributed by atoms with Gasteiger partial charge in [0.2, 0.25) is 5.69 Å². The van der Waals surface area contributed by atoms with Gasteiger partial charge in [-0.3, -0.25) is 0 Å². The van der Waals surface area contributed by atoms with E-state index < -0.39 is 0 Å². The van der Waals surface area contributed by atoms with Gasteiger partial charge in [-0.05, 0) is 42.0 Å². The number of fused-ring (bicyclic) bond motifs is 7. The van der Waals surface area contributed by atoms with Crippen molar-refractivity contribution < 1.29 is 0 Å². The summed E-state index contributed by atoms with van der Waals surface area (Å²) in [5.41, 5.74) is 10.8. The van der Waals surface area contributed by atoms with Crippen LogP contribution in [0.2, 0.25) is 0 Å². The molecule has 3 aromatic heterocycles. The number of aromatic nitrogens is 4. The van der Waals surface area contributed by atoms with Gasteiger partial charge in [0.1, 0.15) is 0 Å². The van der Waals surface area contributed by atoms with Crippen molar-refractivity contribution in [1.82, 2.24) is 19.1 Å². The average molecular weight is 664 g/mol. The van der Waals surface area contributed by atoms with E-state index in [1.165, 1.54) is 10.8 Å². The van der Waals surface area contributed by atoms with E-state index in [9.17, 15) is 0 Å². The predicted molar refractivity (Wildman–Crippen MR) is 213 cm³/mol. The fraction of sp³-hybridized carbons (Fsp3) is 0. The summed E-state index contributed by atoms with van der Waals surface area (Å²) in [7, 11) is 0. The molecule has 0 bridgehead atoms. The Morgan fingerprint density at radius 1 is 0.423 bits per heavy atom. The Labute approximate surface area is 300 Å². The highest BCUT2D eigenvalue weighted by Crippen LogP contribution is 2.47. The van der Waals surface area contributed by atoms with E-state index in [-0.39, 0.29) is 0 Å². The Balaban J connectivity index is 1.40. The molecule has 0 fully saturated rings. The van der Waals surface area contributed by atoms with Crippen molar-refractivity contribution in [3.05, 3.63) is 187 Å². The van der Waals surface area contributed by atoms with Crippen LogP contribution < -0.4 is 0 Å². The molecule has 0 saturated heterocycles. The Kier molecular flexibility index (Phi) is 6.80. The molecule has 0 spiro atoms. The first-order chi connectivity index (χ1) is 25.8. The topological polar surface area (TPSA) is 40.0 Å². The summed E-state index contributed by atoms with van der Waals surface area (Å²) in [5, 5.41) is 4.61. The largest absolute Gasteiger partial charge is 0.309 e. The molecule has 0 radical (unpaired) electrons. The van der Waals surface area contributed by atoms with Crippen molar-refractivity contribution in [1.29, 1.82) is 0 Å². The van der Waals surface area contributed by atoms with Gasteiger partial charge in [0.25, 0.3) is 0 Å². The molecule has 5 heteroatoms. The molecule has 0 aliphatic carbocycles. The van der Waals surface area contributed by atoms with Gasteiger partial charge >= 0.3 is 0 Å². The summed E-state index contributed by atoms with van der Waals surface area (Å²) < 4.78 is 4.73. The number of hydrogen-bond donors (Lipinski definition) is 0. The number of hydrogen-bond acceptors (Lipinski definition) is 2. The molecule has 5 nitrogen and oxygen atoms in total. The first-order valence-corrected chi connectivity index (χ1v) is 17.3. The monoisotopic (exact) mass is 663 g/mol. The zero-order valence-electron chi connectivity index (χ0n) is 28.0. The minimum Gasteiger partial charge on any atom is -0.309 e. The summed E-state index contributed by atoms with van der Waals surface area (Å²) in [6.07, 6.45) is 0. The maximum absolute atomic E-state index is 8.56. The van der Waals surface area contributed by atoms with Crippen molar-refractivity contribution in [2.45, 2.75) is 0 Å². The van der Waals surface area contributed by atoms with Crippen LogP contribution in [-0.4, -0.2) is 19.1 Å². The SMILES string of the molecule is [C-]#[N+]c1c(-c2ccccc2)nc(-c2ccccc2)nc1-c1cccc2c3c(ccc4c5ccccc5n(-c5ccccc5)c43)n(-c3ccccc3)c12. The van der Waals surface area contributed by atoms with Crippen molar-refractivity contribution in [2.24, 2.45) is 0 Å². The lowest BCUT2D eigenvalue weighted by Gasteiger charge is -2.15. The molecule has 0 saturated carbocycles. The molecule has 0 amide bonds. The molecule has 242 valence electrons. The molecule has 10 aromatic rings. The van der Waals surface area contributed by atoms with Gasteiger partial charge in [-0.2, -0.15) is 0 Å². The van der Waals surface area contributed by atoms with Crippen LogP contribution in [0.15, 0.2) is 176 Å². The lowest BCUT2D eigenvalue weighted by atomic mass is 10.0. The van der Waals surface area contributed by atoms with Gasteiger partial charge in [0, 0.05) is 44.0 Å². The van der Waals surface area contributed by atoms with Gasteiger partial charge in [-0.1, -0.05) is 140 Å². The van der Waals surface area contributed by atoms with Crippen LogP contribution in [0.25, 0.3) is 93.7 Å². The van der Waals surface area contributed by atoms with Gasteiger partial charge in [-0.25, -0.2) is 14.8 Å². The van der Waals surface area contributed by atoms with E-state index in [1.807, 2.05) is 66.7 Å². The molecular weight excluding hydrogens is 635 g/mol. The molecule has 0 aliphatic rings. The Morgan fingerprint density at radius 3 is 1.65 bits per heavy atom. The lowest BCUT2D eigenvalue weighted by molar-refractivity contribution is 1.16. The van der Waals surface area contributed by atoms with Gasteiger partial charge in [-0.15, -0.1) is 0 Å². The molecule has 0 aliphatic heterocycles. The maximum atomic E-state index is 8.56. The third-order valence-corrected chi connectivity index (χ3v) is 9.94. The van der Waals surface area contributed by atoms with Crippen LogP contribution in [0.5, 0.6) is 0 Å². The Morgan fingerprint density at radius 2 is 0.981 bits per heavy atom. The Bertz CT molecular complexity index is 2990. The van der Waals surface area contributed by atoms with Gasteiger partial charge < -0.3 is 9.13 Å². The second-order valence-electron chi connectivity index (χ2n) is 12.9. The third-order valence-electron chi connectivity index (χ3n) is 9.94. The van der Waals surface area contributed by atoms with Crippen molar-refractivity contribution >= 4 is 49.3 Å². The zero-order valence-corrected chi connectivity index (χ0v) is 28.0. The predicted octanol–water partition coefficient (Wildman–Crippen LogP) is 12.2. The number of benzene rings is 7. The van der Waals surface area contributed by atoms with Gasteiger partial charge in [0.05, 0.1) is 40.0 Å². The average Bonchev–Trinajstić information content (AvgIpc) is 3.75. The van der Waals surface area contributed by atoms with Crippen LogP contribution in [0, 0.1) is 6.57 Å².